The highest BCUT2D eigenvalue weighted by Crippen LogP contribution is 2.40. The molecule has 0 bridgehead atoms. The van der Waals surface area contributed by atoms with E-state index in [4.69, 9.17) is 16.3 Å². The SMILES string of the molecule is CC(C)NCc1cccc(OCCCN(Cc2cccc(C(F)(F)F)c2Cl)C(C)(c2ccccc2)c2ccccc2)c1. The Bertz CT molecular complexity index is 1370. The topological polar surface area (TPSA) is 24.5 Å². The van der Waals surface area contributed by atoms with Crippen molar-refractivity contribution in [3.05, 3.63) is 136 Å². The molecule has 4 rings (SSSR count). The highest BCUT2D eigenvalue weighted by atomic mass is 35.5. The van der Waals surface area contributed by atoms with E-state index >= 15 is 0 Å². The summed E-state index contributed by atoms with van der Waals surface area (Å²) in [6, 6.07) is 32.6. The summed E-state index contributed by atoms with van der Waals surface area (Å²) in [5, 5.41) is 3.15. The second kappa shape index (κ2) is 14.2. The van der Waals surface area contributed by atoms with E-state index in [0.717, 1.165) is 35.1 Å². The van der Waals surface area contributed by atoms with Crippen LogP contribution in [0.5, 0.6) is 5.75 Å². The van der Waals surface area contributed by atoms with Gasteiger partial charge < -0.3 is 10.1 Å². The van der Waals surface area contributed by atoms with Gasteiger partial charge in [0.05, 0.1) is 22.7 Å². The van der Waals surface area contributed by atoms with E-state index in [1.807, 2.05) is 54.6 Å². The van der Waals surface area contributed by atoms with Crippen LogP contribution >= 0.6 is 11.6 Å². The van der Waals surface area contributed by atoms with Gasteiger partial charge in [-0.2, -0.15) is 13.2 Å². The normalized spacial score (nSPS) is 12.2. The van der Waals surface area contributed by atoms with Gasteiger partial charge in [0, 0.05) is 25.7 Å². The third kappa shape index (κ3) is 7.94. The minimum atomic E-state index is -4.53. The maximum atomic E-state index is 13.7. The van der Waals surface area contributed by atoms with Gasteiger partial charge >= 0.3 is 6.18 Å². The van der Waals surface area contributed by atoms with Crippen molar-refractivity contribution in [2.75, 3.05) is 13.2 Å². The zero-order valence-corrected chi connectivity index (χ0v) is 25.1. The maximum Gasteiger partial charge on any atom is 0.417 e. The number of ether oxygens (including phenoxy) is 1. The Balaban J connectivity index is 1.62. The standard InChI is InChI=1S/C35H38ClF3N2O/c1-26(2)40-24-27-13-10-19-31(23-27)42-22-12-21-41(25-28-14-11-20-32(33(28)36)35(37,38)39)34(3,29-15-6-4-7-16-29)30-17-8-5-9-18-30/h4-11,13-20,23,26,40H,12,21-22,24-25H2,1-3H3. The van der Waals surface area contributed by atoms with Crippen molar-refractivity contribution in [1.82, 2.24) is 10.2 Å². The number of alkyl halides is 3. The molecule has 4 aromatic rings. The molecule has 4 aromatic carbocycles. The summed E-state index contributed by atoms with van der Waals surface area (Å²) in [4.78, 5) is 2.20. The van der Waals surface area contributed by atoms with Crippen LogP contribution in [0.25, 0.3) is 0 Å². The smallest absolute Gasteiger partial charge is 0.417 e. The maximum absolute atomic E-state index is 13.7. The zero-order valence-electron chi connectivity index (χ0n) is 24.3. The van der Waals surface area contributed by atoms with Crippen molar-refractivity contribution in [2.24, 2.45) is 0 Å². The molecule has 0 heterocycles. The Hall–Kier alpha value is -3.32. The third-order valence-electron chi connectivity index (χ3n) is 7.50. The molecule has 0 saturated heterocycles. The Morgan fingerprint density at radius 2 is 1.45 bits per heavy atom. The number of rotatable bonds is 13. The number of benzene rings is 4. The fourth-order valence-corrected chi connectivity index (χ4v) is 5.45. The fourth-order valence-electron chi connectivity index (χ4n) is 5.16. The van der Waals surface area contributed by atoms with Crippen molar-refractivity contribution in [1.29, 1.82) is 0 Å². The van der Waals surface area contributed by atoms with Crippen LogP contribution in [0.1, 0.15) is 55.0 Å². The second-order valence-electron chi connectivity index (χ2n) is 10.9. The highest BCUT2D eigenvalue weighted by Gasteiger charge is 2.37. The first-order chi connectivity index (χ1) is 20.1. The average Bonchev–Trinajstić information content (AvgIpc) is 2.98. The van der Waals surface area contributed by atoms with Gasteiger partial charge in [-0.1, -0.05) is 110 Å². The molecule has 0 aromatic heterocycles. The van der Waals surface area contributed by atoms with Gasteiger partial charge in [-0.15, -0.1) is 0 Å². The lowest BCUT2D eigenvalue weighted by Crippen LogP contribution is -2.45. The first kappa shape index (κ1) is 31.6. The van der Waals surface area contributed by atoms with Crippen molar-refractivity contribution < 1.29 is 17.9 Å². The van der Waals surface area contributed by atoms with E-state index in [9.17, 15) is 13.2 Å². The van der Waals surface area contributed by atoms with Gasteiger partial charge in [-0.3, -0.25) is 4.90 Å². The summed E-state index contributed by atoms with van der Waals surface area (Å²) >= 11 is 6.40. The van der Waals surface area contributed by atoms with Crippen molar-refractivity contribution >= 4 is 11.6 Å². The molecule has 222 valence electrons. The van der Waals surface area contributed by atoms with Crippen LogP contribution < -0.4 is 10.1 Å². The highest BCUT2D eigenvalue weighted by molar-refractivity contribution is 6.32. The van der Waals surface area contributed by atoms with Gasteiger partial charge in [0.2, 0.25) is 0 Å². The minimum absolute atomic E-state index is 0.222. The number of hydrogen-bond acceptors (Lipinski definition) is 3. The predicted molar refractivity (Wildman–Crippen MR) is 165 cm³/mol. The number of nitrogens with one attached hydrogen (secondary N) is 1. The number of halogens is 4. The second-order valence-corrected chi connectivity index (χ2v) is 11.3. The molecule has 3 nitrogen and oxygen atoms in total. The molecule has 0 spiro atoms. The lowest BCUT2D eigenvalue weighted by atomic mass is 9.82. The fraction of sp³-hybridized carbons (Fsp3) is 0.314. The monoisotopic (exact) mass is 594 g/mol. The summed E-state index contributed by atoms with van der Waals surface area (Å²) < 4.78 is 47.3. The Morgan fingerprint density at radius 1 is 0.833 bits per heavy atom. The first-order valence-corrected chi connectivity index (χ1v) is 14.6. The molecule has 0 aliphatic carbocycles. The van der Waals surface area contributed by atoms with Crippen LogP contribution in [-0.2, 0) is 24.8 Å². The van der Waals surface area contributed by atoms with Gasteiger partial charge in [0.15, 0.2) is 0 Å². The van der Waals surface area contributed by atoms with Crippen molar-refractivity contribution in [2.45, 2.75) is 58.0 Å². The van der Waals surface area contributed by atoms with Gasteiger partial charge in [0.1, 0.15) is 5.75 Å². The van der Waals surface area contributed by atoms with Crippen LogP contribution in [0.4, 0.5) is 13.2 Å². The lowest BCUT2D eigenvalue weighted by Gasteiger charge is -2.43. The molecular formula is C35H38ClF3N2O. The first-order valence-electron chi connectivity index (χ1n) is 14.2. The Morgan fingerprint density at radius 3 is 2.05 bits per heavy atom. The van der Waals surface area contributed by atoms with Gasteiger partial charge in [0.25, 0.3) is 0 Å². The molecule has 0 saturated carbocycles. The third-order valence-corrected chi connectivity index (χ3v) is 7.95. The lowest BCUT2D eigenvalue weighted by molar-refractivity contribution is -0.137. The molecular weight excluding hydrogens is 557 g/mol. The molecule has 7 heteroatoms. The molecule has 0 unspecified atom stereocenters. The number of hydrogen-bond donors (Lipinski definition) is 1. The summed E-state index contributed by atoms with van der Waals surface area (Å²) in [6.45, 7) is 8.32. The molecule has 1 N–H and O–H groups in total. The van der Waals surface area contributed by atoms with Crippen LogP contribution in [0.15, 0.2) is 103 Å². The van der Waals surface area contributed by atoms with Gasteiger partial charge in [-0.05, 0) is 53.8 Å². The molecule has 0 atom stereocenters. The van der Waals surface area contributed by atoms with Crippen LogP contribution in [0.3, 0.4) is 0 Å². The van der Waals surface area contributed by atoms with E-state index in [1.165, 1.54) is 6.07 Å². The number of nitrogens with zero attached hydrogens (tertiary/aromatic N) is 1. The molecule has 0 aliphatic rings. The van der Waals surface area contributed by atoms with Gasteiger partial charge in [-0.25, -0.2) is 0 Å². The van der Waals surface area contributed by atoms with Crippen LogP contribution in [0, 0.1) is 0 Å². The summed E-state index contributed by atoms with van der Waals surface area (Å²) in [6.07, 6.45) is -3.88. The largest absolute Gasteiger partial charge is 0.494 e. The van der Waals surface area contributed by atoms with Crippen molar-refractivity contribution in [3.63, 3.8) is 0 Å². The van der Waals surface area contributed by atoms with E-state index < -0.39 is 17.3 Å². The van der Waals surface area contributed by atoms with E-state index in [0.29, 0.717) is 31.2 Å². The molecule has 0 amide bonds. The summed E-state index contributed by atoms with van der Waals surface area (Å²) in [5.74, 6) is 0.791. The van der Waals surface area contributed by atoms with E-state index in [1.54, 1.807) is 6.07 Å². The van der Waals surface area contributed by atoms with Crippen LogP contribution in [-0.4, -0.2) is 24.1 Å². The zero-order chi connectivity index (χ0) is 30.2. The van der Waals surface area contributed by atoms with Crippen LogP contribution in [0.2, 0.25) is 5.02 Å². The molecule has 42 heavy (non-hydrogen) atoms. The van der Waals surface area contributed by atoms with Crippen molar-refractivity contribution in [3.8, 4) is 5.75 Å². The molecule has 0 radical (unpaired) electrons. The minimum Gasteiger partial charge on any atom is -0.494 e. The Labute approximate surface area is 252 Å². The van der Waals surface area contributed by atoms with E-state index in [2.05, 4.69) is 61.3 Å². The van der Waals surface area contributed by atoms with E-state index in [-0.39, 0.29) is 11.6 Å². The summed E-state index contributed by atoms with van der Waals surface area (Å²) in [5.41, 5.74) is 2.16. The molecule has 0 aliphatic heterocycles. The average molecular weight is 595 g/mol. The predicted octanol–water partition coefficient (Wildman–Crippen LogP) is 9.09. The quantitative estimate of drug-likeness (QED) is 0.156. The Kier molecular flexibility index (Phi) is 10.7. The summed E-state index contributed by atoms with van der Waals surface area (Å²) in [7, 11) is 0. The molecule has 0 fully saturated rings.